The molecule has 0 saturated carbocycles. The van der Waals surface area contributed by atoms with Crippen LogP contribution in [0.3, 0.4) is 0 Å². The largest absolute Gasteiger partial charge is 0.493 e. The molecule has 1 N–H and O–H groups in total. The number of aliphatic carboxylic acids is 1. The van der Waals surface area contributed by atoms with Gasteiger partial charge in [0.25, 0.3) is 0 Å². The van der Waals surface area contributed by atoms with E-state index in [2.05, 4.69) is 35.2 Å². The molecule has 4 rings (SSSR count). The SMILES string of the molecule is COc1ccc(C(c2ccc3ccccc3c2)N2CCCCC2C(=O)O)c(OC)c1OC. The van der Waals surface area contributed by atoms with Gasteiger partial charge in [-0.15, -0.1) is 0 Å². The third-order valence-corrected chi connectivity index (χ3v) is 6.28. The zero-order valence-electron chi connectivity index (χ0n) is 18.7. The molecule has 1 aliphatic rings. The van der Waals surface area contributed by atoms with Gasteiger partial charge in [-0.2, -0.15) is 0 Å². The van der Waals surface area contributed by atoms with Crippen LogP contribution in [-0.4, -0.2) is 49.9 Å². The van der Waals surface area contributed by atoms with Gasteiger partial charge in [-0.3, -0.25) is 9.69 Å². The molecule has 168 valence electrons. The van der Waals surface area contributed by atoms with Crippen LogP contribution < -0.4 is 14.2 Å². The van der Waals surface area contributed by atoms with Crippen molar-refractivity contribution < 1.29 is 24.1 Å². The summed E-state index contributed by atoms with van der Waals surface area (Å²) in [6, 6.07) is 17.4. The van der Waals surface area contributed by atoms with Gasteiger partial charge in [0.2, 0.25) is 5.75 Å². The number of carboxylic acid groups (broad SMARTS) is 1. The molecule has 1 fully saturated rings. The predicted octanol–water partition coefficient (Wildman–Crippen LogP) is 4.89. The Morgan fingerprint density at radius 1 is 0.938 bits per heavy atom. The highest BCUT2D eigenvalue weighted by atomic mass is 16.5. The van der Waals surface area contributed by atoms with Gasteiger partial charge in [-0.05, 0) is 53.9 Å². The van der Waals surface area contributed by atoms with Crippen molar-refractivity contribution in [3.63, 3.8) is 0 Å². The molecular formula is C26H29NO5. The first kappa shape index (κ1) is 22.0. The molecule has 1 saturated heterocycles. The third-order valence-electron chi connectivity index (χ3n) is 6.28. The van der Waals surface area contributed by atoms with Crippen LogP contribution in [0.25, 0.3) is 10.8 Å². The summed E-state index contributed by atoms with van der Waals surface area (Å²) in [7, 11) is 4.77. The molecule has 1 aliphatic heterocycles. The Balaban J connectivity index is 1.94. The molecule has 3 aromatic rings. The van der Waals surface area contributed by atoms with Gasteiger partial charge in [-0.1, -0.05) is 42.8 Å². The smallest absolute Gasteiger partial charge is 0.320 e. The fraction of sp³-hybridized carbons (Fsp3) is 0.346. The van der Waals surface area contributed by atoms with Gasteiger partial charge in [-0.25, -0.2) is 0 Å². The van der Waals surface area contributed by atoms with Crippen molar-refractivity contribution >= 4 is 16.7 Å². The molecule has 6 heteroatoms. The quantitative estimate of drug-likeness (QED) is 0.570. The summed E-state index contributed by atoms with van der Waals surface area (Å²) in [5.41, 5.74) is 1.87. The van der Waals surface area contributed by atoms with Crippen LogP contribution in [0.1, 0.15) is 36.4 Å². The lowest BCUT2D eigenvalue weighted by molar-refractivity contribution is -0.145. The number of ether oxygens (including phenoxy) is 3. The number of carbonyl (C=O) groups is 1. The minimum Gasteiger partial charge on any atom is -0.493 e. The second-order valence-electron chi connectivity index (χ2n) is 8.02. The Morgan fingerprint density at radius 2 is 1.69 bits per heavy atom. The minimum absolute atomic E-state index is 0.309. The monoisotopic (exact) mass is 435 g/mol. The number of likely N-dealkylation sites (tertiary alicyclic amines) is 1. The maximum Gasteiger partial charge on any atom is 0.320 e. The lowest BCUT2D eigenvalue weighted by Crippen LogP contribution is -2.46. The van der Waals surface area contributed by atoms with Crippen molar-refractivity contribution in [1.82, 2.24) is 4.90 Å². The molecule has 1 heterocycles. The molecular weight excluding hydrogens is 406 g/mol. The average molecular weight is 436 g/mol. The van der Waals surface area contributed by atoms with Crippen LogP contribution in [0.4, 0.5) is 0 Å². The molecule has 32 heavy (non-hydrogen) atoms. The molecule has 0 aliphatic carbocycles. The van der Waals surface area contributed by atoms with Crippen LogP contribution in [0.2, 0.25) is 0 Å². The van der Waals surface area contributed by atoms with Crippen molar-refractivity contribution in [3.8, 4) is 17.2 Å². The molecule has 0 radical (unpaired) electrons. The van der Waals surface area contributed by atoms with Crippen molar-refractivity contribution in [3.05, 3.63) is 65.7 Å². The Hall–Kier alpha value is -3.25. The molecule has 3 aromatic carbocycles. The van der Waals surface area contributed by atoms with E-state index in [9.17, 15) is 9.90 Å². The molecule has 0 spiro atoms. The van der Waals surface area contributed by atoms with Crippen LogP contribution >= 0.6 is 0 Å². The van der Waals surface area contributed by atoms with E-state index in [1.165, 1.54) is 0 Å². The summed E-state index contributed by atoms with van der Waals surface area (Å²) < 4.78 is 16.9. The second-order valence-corrected chi connectivity index (χ2v) is 8.02. The Morgan fingerprint density at radius 3 is 2.38 bits per heavy atom. The van der Waals surface area contributed by atoms with E-state index in [1.807, 2.05) is 24.3 Å². The number of rotatable bonds is 7. The molecule has 0 aromatic heterocycles. The number of hydrogen-bond acceptors (Lipinski definition) is 5. The van der Waals surface area contributed by atoms with Crippen molar-refractivity contribution in [2.45, 2.75) is 31.3 Å². The molecule has 2 atom stereocenters. The zero-order chi connectivity index (χ0) is 22.7. The highest BCUT2D eigenvalue weighted by Gasteiger charge is 2.37. The Bertz CT molecular complexity index is 1110. The number of piperidine rings is 1. The van der Waals surface area contributed by atoms with E-state index in [0.717, 1.165) is 34.7 Å². The van der Waals surface area contributed by atoms with Crippen LogP contribution in [0, 0.1) is 0 Å². The molecule has 0 amide bonds. The normalized spacial score (nSPS) is 17.7. The number of methoxy groups -OCH3 is 3. The van der Waals surface area contributed by atoms with Crippen LogP contribution in [-0.2, 0) is 4.79 Å². The number of carboxylic acids is 1. The van der Waals surface area contributed by atoms with Crippen molar-refractivity contribution in [1.29, 1.82) is 0 Å². The first-order valence-electron chi connectivity index (χ1n) is 10.8. The number of benzene rings is 3. The summed E-state index contributed by atoms with van der Waals surface area (Å²) in [4.78, 5) is 14.3. The minimum atomic E-state index is -0.796. The van der Waals surface area contributed by atoms with E-state index in [0.29, 0.717) is 30.2 Å². The predicted molar refractivity (Wildman–Crippen MR) is 124 cm³/mol. The van der Waals surface area contributed by atoms with E-state index >= 15 is 0 Å². The highest BCUT2D eigenvalue weighted by Crippen LogP contribution is 2.46. The Labute approximate surface area is 188 Å². The summed E-state index contributed by atoms with van der Waals surface area (Å²) in [6.07, 6.45) is 2.47. The molecule has 6 nitrogen and oxygen atoms in total. The summed E-state index contributed by atoms with van der Waals surface area (Å²) in [5, 5.41) is 12.3. The number of nitrogens with zero attached hydrogens (tertiary/aromatic N) is 1. The average Bonchev–Trinajstić information content (AvgIpc) is 2.83. The standard InChI is InChI=1S/C26H29NO5/c1-30-22-14-13-20(24(31-2)25(22)32-3)23(27-15-7-6-10-21(27)26(28)29)19-12-11-17-8-4-5-9-18(17)16-19/h4-5,8-9,11-14,16,21,23H,6-7,10,15H2,1-3H3,(H,28,29). The van der Waals surface area contributed by atoms with Crippen LogP contribution in [0.5, 0.6) is 17.2 Å². The summed E-state index contributed by atoms with van der Waals surface area (Å²) in [6.45, 7) is 0.686. The number of hydrogen-bond donors (Lipinski definition) is 1. The summed E-state index contributed by atoms with van der Waals surface area (Å²) in [5.74, 6) is 0.829. The fourth-order valence-electron chi connectivity index (χ4n) is 4.80. The topological polar surface area (TPSA) is 68.2 Å². The lowest BCUT2D eigenvalue weighted by atomic mass is 9.90. The van der Waals surface area contributed by atoms with Gasteiger partial charge >= 0.3 is 5.97 Å². The number of fused-ring (bicyclic) bond motifs is 1. The van der Waals surface area contributed by atoms with E-state index in [1.54, 1.807) is 21.3 Å². The van der Waals surface area contributed by atoms with E-state index in [-0.39, 0.29) is 6.04 Å². The summed E-state index contributed by atoms with van der Waals surface area (Å²) >= 11 is 0. The maximum absolute atomic E-state index is 12.2. The van der Waals surface area contributed by atoms with E-state index < -0.39 is 12.0 Å². The van der Waals surface area contributed by atoms with Crippen molar-refractivity contribution in [2.24, 2.45) is 0 Å². The maximum atomic E-state index is 12.2. The molecule has 0 bridgehead atoms. The second kappa shape index (κ2) is 9.49. The highest BCUT2D eigenvalue weighted by molar-refractivity contribution is 5.83. The van der Waals surface area contributed by atoms with Gasteiger partial charge in [0.15, 0.2) is 11.5 Å². The third kappa shape index (κ3) is 3.98. The lowest BCUT2D eigenvalue weighted by Gasteiger charge is -2.40. The Kier molecular flexibility index (Phi) is 6.51. The first-order valence-corrected chi connectivity index (χ1v) is 10.8. The van der Waals surface area contributed by atoms with Gasteiger partial charge in [0.05, 0.1) is 27.4 Å². The van der Waals surface area contributed by atoms with E-state index in [4.69, 9.17) is 14.2 Å². The molecule has 2 unspecified atom stereocenters. The zero-order valence-corrected chi connectivity index (χ0v) is 18.7. The van der Waals surface area contributed by atoms with Gasteiger partial charge < -0.3 is 19.3 Å². The first-order chi connectivity index (χ1) is 15.6. The fourth-order valence-corrected chi connectivity index (χ4v) is 4.80. The van der Waals surface area contributed by atoms with Crippen molar-refractivity contribution in [2.75, 3.05) is 27.9 Å². The van der Waals surface area contributed by atoms with Gasteiger partial charge in [0.1, 0.15) is 6.04 Å². The van der Waals surface area contributed by atoms with Crippen LogP contribution in [0.15, 0.2) is 54.6 Å². The van der Waals surface area contributed by atoms with Gasteiger partial charge in [0, 0.05) is 5.56 Å².